The van der Waals surface area contributed by atoms with Crippen LogP contribution in [0.25, 0.3) is 0 Å². The van der Waals surface area contributed by atoms with E-state index < -0.39 is 10.8 Å². The third-order valence-electron chi connectivity index (χ3n) is 3.52. The first-order chi connectivity index (χ1) is 10.6. The van der Waals surface area contributed by atoms with Crippen LogP contribution < -0.4 is 4.74 Å². The van der Waals surface area contributed by atoms with Crippen LogP contribution in [0, 0.1) is 12.7 Å². The van der Waals surface area contributed by atoms with Crippen LogP contribution >= 0.6 is 0 Å². The van der Waals surface area contributed by atoms with Crippen molar-refractivity contribution in [2.75, 3.05) is 6.79 Å². The summed E-state index contributed by atoms with van der Waals surface area (Å²) in [6, 6.07) is 10.7. The first-order valence-corrected chi connectivity index (χ1v) is 8.53. The highest BCUT2D eigenvalue weighted by Crippen LogP contribution is 2.30. The highest BCUT2D eigenvalue weighted by molar-refractivity contribution is 7.83. The number of hydrogen-bond donors (Lipinski definition) is 0. The van der Waals surface area contributed by atoms with E-state index in [4.69, 9.17) is 9.47 Å². The van der Waals surface area contributed by atoms with Gasteiger partial charge in [0.25, 0.3) is 0 Å². The van der Waals surface area contributed by atoms with Gasteiger partial charge in [0.2, 0.25) is 0 Å². The van der Waals surface area contributed by atoms with Crippen molar-refractivity contribution in [3.8, 4) is 5.75 Å². The van der Waals surface area contributed by atoms with Gasteiger partial charge in [-0.15, -0.1) is 0 Å². The summed E-state index contributed by atoms with van der Waals surface area (Å²) < 4.78 is 36.6. The molecule has 1 aliphatic heterocycles. The van der Waals surface area contributed by atoms with Gasteiger partial charge in [-0.3, -0.25) is 4.21 Å². The standard InChI is InChI=1S/C17H17FO3S/c1-12-2-4-13(5-3-12)9-22(19)10-15-7-16(18)6-14-8-20-11-21-17(14)15/h2-7H,8-11H2,1H3/t22-/m0/s1. The first-order valence-electron chi connectivity index (χ1n) is 7.04. The number of benzene rings is 2. The molecule has 0 amide bonds. The van der Waals surface area contributed by atoms with Gasteiger partial charge < -0.3 is 9.47 Å². The van der Waals surface area contributed by atoms with Crippen molar-refractivity contribution in [1.29, 1.82) is 0 Å². The zero-order chi connectivity index (χ0) is 15.5. The normalized spacial score (nSPS) is 15.0. The maximum atomic E-state index is 13.7. The topological polar surface area (TPSA) is 35.5 Å². The number of halogens is 1. The Morgan fingerprint density at radius 1 is 1.18 bits per heavy atom. The van der Waals surface area contributed by atoms with Crippen LogP contribution in [0.1, 0.15) is 22.3 Å². The second-order valence-corrected chi connectivity index (χ2v) is 6.83. The average molecular weight is 320 g/mol. The van der Waals surface area contributed by atoms with E-state index >= 15 is 0 Å². The lowest BCUT2D eigenvalue weighted by atomic mass is 10.1. The van der Waals surface area contributed by atoms with Crippen molar-refractivity contribution in [2.45, 2.75) is 25.0 Å². The van der Waals surface area contributed by atoms with Gasteiger partial charge in [-0.2, -0.15) is 0 Å². The minimum Gasteiger partial charge on any atom is -0.467 e. The molecule has 1 atom stereocenters. The van der Waals surface area contributed by atoms with E-state index in [0.29, 0.717) is 29.2 Å². The molecule has 0 saturated carbocycles. The van der Waals surface area contributed by atoms with E-state index in [-0.39, 0.29) is 18.4 Å². The van der Waals surface area contributed by atoms with E-state index in [9.17, 15) is 8.60 Å². The fraction of sp³-hybridized carbons (Fsp3) is 0.294. The van der Waals surface area contributed by atoms with Gasteiger partial charge in [-0.25, -0.2) is 4.39 Å². The zero-order valence-electron chi connectivity index (χ0n) is 12.3. The summed E-state index contributed by atoms with van der Waals surface area (Å²) in [4.78, 5) is 0. The zero-order valence-corrected chi connectivity index (χ0v) is 13.1. The van der Waals surface area contributed by atoms with Crippen LogP contribution in [0.2, 0.25) is 0 Å². The summed E-state index contributed by atoms with van der Waals surface area (Å²) in [6.45, 7) is 2.49. The molecule has 2 aromatic rings. The van der Waals surface area contributed by atoms with E-state index in [0.717, 1.165) is 5.56 Å². The van der Waals surface area contributed by atoms with Crippen molar-refractivity contribution in [2.24, 2.45) is 0 Å². The molecule has 3 nitrogen and oxygen atoms in total. The number of rotatable bonds is 4. The fourth-order valence-corrected chi connectivity index (χ4v) is 3.69. The second-order valence-electron chi connectivity index (χ2n) is 5.38. The van der Waals surface area contributed by atoms with Gasteiger partial charge in [0, 0.05) is 27.7 Å². The van der Waals surface area contributed by atoms with Crippen LogP contribution in [0.4, 0.5) is 4.39 Å². The molecule has 2 aromatic carbocycles. The first kappa shape index (κ1) is 15.2. The summed E-state index contributed by atoms with van der Waals surface area (Å²) in [6.07, 6.45) is 0. The molecule has 1 heterocycles. The SMILES string of the molecule is Cc1ccc(C[S@](=O)Cc2cc(F)cc3c2OCOC3)cc1. The molecule has 0 N–H and O–H groups in total. The predicted molar refractivity (Wildman–Crippen MR) is 83.4 cm³/mol. The maximum absolute atomic E-state index is 13.7. The van der Waals surface area contributed by atoms with Gasteiger partial charge in [-0.1, -0.05) is 29.8 Å². The quantitative estimate of drug-likeness (QED) is 0.865. The second kappa shape index (κ2) is 6.58. The van der Waals surface area contributed by atoms with Crippen molar-refractivity contribution in [3.63, 3.8) is 0 Å². The largest absolute Gasteiger partial charge is 0.467 e. The summed E-state index contributed by atoms with van der Waals surface area (Å²) in [5, 5.41) is 0. The number of fused-ring (bicyclic) bond motifs is 1. The van der Waals surface area contributed by atoms with E-state index in [2.05, 4.69) is 0 Å². The van der Waals surface area contributed by atoms with Gasteiger partial charge >= 0.3 is 0 Å². The monoisotopic (exact) mass is 320 g/mol. The van der Waals surface area contributed by atoms with Crippen molar-refractivity contribution >= 4 is 10.8 Å². The molecule has 0 aromatic heterocycles. The number of ether oxygens (including phenoxy) is 2. The van der Waals surface area contributed by atoms with Gasteiger partial charge in [0.1, 0.15) is 11.6 Å². The molecule has 22 heavy (non-hydrogen) atoms. The molecule has 1 aliphatic rings. The van der Waals surface area contributed by atoms with Crippen molar-refractivity contribution in [1.82, 2.24) is 0 Å². The Hall–Kier alpha value is -1.72. The fourth-order valence-electron chi connectivity index (χ4n) is 2.46. The average Bonchev–Trinajstić information content (AvgIpc) is 2.49. The number of aryl methyl sites for hydroxylation is 1. The summed E-state index contributed by atoms with van der Waals surface area (Å²) >= 11 is 0. The molecule has 0 unspecified atom stereocenters. The minimum absolute atomic E-state index is 0.149. The Bertz CT molecular complexity index is 698. The lowest BCUT2D eigenvalue weighted by molar-refractivity contribution is -0.0171. The lowest BCUT2D eigenvalue weighted by Crippen LogP contribution is -2.14. The third-order valence-corrected chi connectivity index (χ3v) is 4.80. The highest BCUT2D eigenvalue weighted by Gasteiger charge is 2.18. The third kappa shape index (κ3) is 3.54. The van der Waals surface area contributed by atoms with E-state index in [1.165, 1.54) is 17.7 Å². The molecule has 0 aliphatic carbocycles. The van der Waals surface area contributed by atoms with Crippen LogP contribution in [0.3, 0.4) is 0 Å². The highest BCUT2D eigenvalue weighted by atomic mass is 32.2. The predicted octanol–water partition coefficient (Wildman–Crippen LogP) is 3.45. The van der Waals surface area contributed by atoms with Gasteiger partial charge in [0.15, 0.2) is 6.79 Å². The smallest absolute Gasteiger partial charge is 0.189 e. The van der Waals surface area contributed by atoms with Crippen LogP contribution in [-0.4, -0.2) is 11.0 Å². The molecular weight excluding hydrogens is 303 g/mol. The van der Waals surface area contributed by atoms with E-state index in [1.54, 1.807) is 0 Å². The Morgan fingerprint density at radius 2 is 1.95 bits per heavy atom. The molecular formula is C17H17FO3S. The minimum atomic E-state index is -1.12. The van der Waals surface area contributed by atoms with Crippen LogP contribution in [0.5, 0.6) is 5.75 Å². The molecule has 0 spiro atoms. The lowest BCUT2D eigenvalue weighted by Gasteiger charge is -2.20. The van der Waals surface area contributed by atoms with Crippen LogP contribution in [0.15, 0.2) is 36.4 Å². The summed E-state index contributed by atoms with van der Waals surface area (Å²) in [7, 11) is -1.12. The Morgan fingerprint density at radius 3 is 2.73 bits per heavy atom. The van der Waals surface area contributed by atoms with Crippen LogP contribution in [-0.2, 0) is 33.6 Å². The molecule has 0 fully saturated rings. The van der Waals surface area contributed by atoms with Crippen molar-refractivity contribution < 1.29 is 18.1 Å². The Labute approximate surface area is 131 Å². The molecule has 3 rings (SSSR count). The Kier molecular flexibility index (Phi) is 4.55. The molecule has 116 valence electrons. The van der Waals surface area contributed by atoms with Gasteiger partial charge in [0.05, 0.1) is 12.4 Å². The molecule has 0 radical (unpaired) electrons. The van der Waals surface area contributed by atoms with E-state index in [1.807, 2.05) is 31.2 Å². The van der Waals surface area contributed by atoms with Gasteiger partial charge in [-0.05, 0) is 24.6 Å². The number of hydrogen-bond acceptors (Lipinski definition) is 3. The Balaban J connectivity index is 1.76. The molecule has 5 heteroatoms. The maximum Gasteiger partial charge on any atom is 0.189 e. The molecule has 0 saturated heterocycles. The van der Waals surface area contributed by atoms with Crippen molar-refractivity contribution in [3.05, 3.63) is 64.5 Å². The summed E-state index contributed by atoms with van der Waals surface area (Å²) in [5.74, 6) is 0.982. The molecule has 0 bridgehead atoms. The summed E-state index contributed by atoms with van der Waals surface area (Å²) in [5.41, 5.74) is 3.50.